The zero-order valence-electron chi connectivity index (χ0n) is 18.4. The van der Waals surface area contributed by atoms with Crippen LogP contribution in [0.15, 0.2) is 63.2 Å². The minimum Gasteiger partial charge on any atom is -0.496 e. The molecule has 0 spiro atoms. The Morgan fingerprint density at radius 1 is 0.971 bits per heavy atom. The van der Waals surface area contributed by atoms with Crippen molar-refractivity contribution < 1.29 is 35.9 Å². The number of hydrogen-bond donors (Lipinski definition) is 1. The monoisotopic (exact) mass is 521 g/mol. The Balaban J connectivity index is 1.69. The highest BCUT2D eigenvalue weighted by Gasteiger charge is 2.26. The van der Waals surface area contributed by atoms with Crippen molar-refractivity contribution in [1.82, 2.24) is 0 Å². The Labute approximate surface area is 203 Å². The zero-order chi connectivity index (χ0) is 25.3. The van der Waals surface area contributed by atoms with Gasteiger partial charge in [-0.05, 0) is 36.4 Å². The second-order valence-electron chi connectivity index (χ2n) is 7.41. The fourth-order valence-electron chi connectivity index (χ4n) is 3.49. The summed E-state index contributed by atoms with van der Waals surface area (Å²) < 4.78 is 78.4. The van der Waals surface area contributed by atoms with Crippen LogP contribution in [-0.4, -0.2) is 28.5 Å². The molecule has 35 heavy (non-hydrogen) atoms. The lowest BCUT2D eigenvalue weighted by molar-refractivity contribution is -0.112. The largest absolute Gasteiger partial charge is 0.496 e. The van der Waals surface area contributed by atoms with Gasteiger partial charge in [-0.15, -0.1) is 0 Å². The molecule has 6 nitrogen and oxygen atoms in total. The quantitative estimate of drug-likeness (QED) is 0.450. The summed E-state index contributed by atoms with van der Waals surface area (Å²) in [4.78, 5) is 12.7. The molecule has 0 aromatic heterocycles. The van der Waals surface area contributed by atoms with Crippen LogP contribution in [0.4, 0.5) is 18.9 Å². The van der Waals surface area contributed by atoms with Crippen molar-refractivity contribution in [2.24, 2.45) is 0 Å². The van der Waals surface area contributed by atoms with Crippen molar-refractivity contribution in [3.63, 3.8) is 0 Å². The summed E-state index contributed by atoms with van der Waals surface area (Å²) >= 11 is 0.842. The summed E-state index contributed by atoms with van der Waals surface area (Å²) in [6.45, 7) is 0. The highest BCUT2D eigenvalue weighted by Crippen LogP contribution is 2.41. The average molecular weight is 522 g/mol. The van der Waals surface area contributed by atoms with Crippen LogP contribution in [0, 0.1) is 17.5 Å². The predicted octanol–water partition coefficient (Wildman–Crippen LogP) is 5.18. The second-order valence-corrected chi connectivity index (χ2v) is 10.5. The van der Waals surface area contributed by atoms with Crippen LogP contribution in [0.2, 0.25) is 0 Å². The molecule has 1 heterocycles. The van der Waals surface area contributed by atoms with Crippen molar-refractivity contribution in [3.05, 3.63) is 82.0 Å². The number of benzene rings is 3. The second kappa shape index (κ2) is 9.67. The molecule has 0 saturated carbocycles. The Morgan fingerprint density at radius 2 is 1.60 bits per heavy atom. The molecular formula is C24H18F3NO5S2. The van der Waals surface area contributed by atoms with E-state index in [1.54, 1.807) is 18.2 Å². The lowest BCUT2D eigenvalue weighted by atomic mass is 10.1. The van der Waals surface area contributed by atoms with E-state index in [1.807, 2.05) is 0 Å². The fourth-order valence-corrected chi connectivity index (χ4v) is 5.94. The Bertz CT molecular complexity index is 1430. The number of rotatable bonds is 6. The minimum absolute atomic E-state index is 0.0358. The lowest BCUT2D eigenvalue weighted by Gasteiger charge is -2.20. The number of carbonyl (C=O) groups is 1. The van der Waals surface area contributed by atoms with Crippen molar-refractivity contribution in [2.45, 2.75) is 15.5 Å². The van der Waals surface area contributed by atoms with Crippen molar-refractivity contribution >= 4 is 39.3 Å². The molecule has 1 aliphatic rings. The van der Waals surface area contributed by atoms with Crippen LogP contribution in [0.5, 0.6) is 11.5 Å². The lowest BCUT2D eigenvalue weighted by Crippen LogP contribution is -2.18. The van der Waals surface area contributed by atoms with Gasteiger partial charge in [0.2, 0.25) is 0 Å². The van der Waals surface area contributed by atoms with Crippen LogP contribution in [0.1, 0.15) is 11.1 Å². The molecular weight excluding hydrogens is 503 g/mol. The third-order valence-electron chi connectivity index (χ3n) is 5.19. The summed E-state index contributed by atoms with van der Waals surface area (Å²) in [5.41, 5.74) is 0.101. The number of thioether (sulfide) groups is 1. The predicted molar refractivity (Wildman–Crippen MR) is 126 cm³/mol. The van der Waals surface area contributed by atoms with Crippen molar-refractivity contribution in [2.75, 3.05) is 19.5 Å². The third kappa shape index (κ3) is 5.01. The van der Waals surface area contributed by atoms with Gasteiger partial charge in [0, 0.05) is 22.6 Å². The molecule has 0 saturated heterocycles. The van der Waals surface area contributed by atoms with Gasteiger partial charge in [0.25, 0.3) is 5.91 Å². The van der Waals surface area contributed by atoms with Gasteiger partial charge in [-0.1, -0.05) is 17.8 Å². The molecule has 11 heteroatoms. The maximum Gasteiger partial charge on any atom is 0.262 e. The standard InChI is InChI=1S/C24H18F3NO5S2/c1-32-20-4-3-5-21(33-2)16(20)12-35(30,31)14-6-7-19-22(10-14)34-23(24(29)28-19)11-15-17(26)8-13(25)9-18(15)27/h3-11H,12H2,1-2H3,(H,28,29)/b23-11+. The Hall–Kier alpha value is -3.44. The molecule has 3 aromatic rings. The van der Waals surface area contributed by atoms with Crippen molar-refractivity contribution in [3.8, 4) is 11.5 Å². The normalized spacial score (nSPS) is 14.4. The highest BCUT2D eigenvalue weighted by atomic mass is 32.2. The molecule has 0 unspecified atom stereocenters. The van der Waals surface area contributed by atoms with Crippen molar-refractivity contribution in [1.29, 1.82) is 0 Å². The van der Waals surface area contributed by atoms with E-state index in [0.29, 0.717) is 39.8 Å². The zero-order valence-corrected chi connectivity index (χ0v) is 20.0. The Kier molecular flexibility index (Phi) is 6.82. The first-order valence-corrected chi connectivity index (χ1v) is 12.5. The van der Waals surface area contributed by atoms with Gasteiger partial charge in [0.05, 0.1) is 41.0 Å². The van der Waals surface area contributed by atoms with E-state index in [2.05, 4.69) is 5.32 Å². The first-order chi connectivity index (χ1) is 16.6. The van der Waals surface area contributed by atoms with E-state index >= 15 is 0 Å². The molecule has 0 bridgehead atoms. The Morgan fingerprint density at radius 3 is 2.20 bits per heavy atom. The number of ether oxygens (including phenoxy) is 2. The van der Waals surface area contributed by atoms with E-state index in [-0.39, 0.29) is 9.80 Å². The molecule has 0 aliphatic carbocycles. The van der Waals surface area contributed by atoms with Crippen LogP contribution >= 0.6 is 11.8 Å². The molecule has 1 aliphatic heterocycles. The van der Waals surface area contributed by atoms with Gasteiger partial charge in [0.1, 0.15) is 29.0 Å². The van der Waals surface area contributed by atoms with Gasteiger partial charge in [-0.2, -0.15) is 0 Å². The molecule has 0 atom stereocenters. The van der Waals surface area contributed by atoms with E-state index in [0.717, 1.165) is 17.8 Å². The van der Waals surface area contributed by atoms with Gasteiger partial charge in [0.15, 0.2) is 9.84 Å². The molecule has 3 aromatic carbocycles. The maximum absolute atomic E-state index is 14.1. The number of halogens is 3. The number of hydrogen-bond acceptors (Lipinski definition) is 6. The molecule has 1 amide bonds. The molecule has 4 rings (SSSR count). The average Bonchev–Trinajstić information content (AvgIpc) is 2.81. The van der Waals surface area contributed by atoms with Gasteiger partial charge < -0.3 is 14.8 Å². The molecule has 0 fully saturated rings. The van der Waals surface area contributed by atoms with Crippen LogP contribution in [0.3, 0.4) is 0 Å². The topological polar surface area (TPSA) is 81.7 Å². The SMILES string of the molecule is COc1cccc(OC)c1CS(=O)(=O)c1ccc2c(c1)S/C(=C/c1c(F)cc(F)cc1F)C(=O)N2. The van der Waals surface area contributed by atoms with E-state index in [1.165, 1.54) is 32.4 Å². The number of fused-ring (bicyclic) bond motifs is 1. The minimum atomic E-state index is -3.89. The first-order valence-electron chi connectivity index (χ1n) is 10.0. The maximum atomic E-state index is 14.1. The summed E-state index contributed by atoms with van der Waals surface area (Å²) in [7, 11) is -1.05. The van der Waals surface area contributed by atoms with Crippen LogP contribution in [-0.2, 0) is 20.4 Å². The molecule has 1 N–H and O–H groups in total. The number of nitrogens with one attached hydrogen (secondary N) is 1. The molecule has 182 valence electrons. The van der Waals surface area contributed by atoms with Gasteiger partial charge in [-0.3, -0.25) is 4.79 Å². The van der Waals surface area contributed by atoms with Crippen LogP contribution < -0.4 is 14.8 Å². The summed E-state index contributed by atoms with van der Waals surface area (Å²) in [5.74, 6) is -3.78. The van der Waals surface area contributed by atoms with Crippen LogP contribution in [0.25, 0.3) is 6.08 Å². The van der Waals surface area contributed by atoms with E-state index in [9.17, 15) is 26.4 Å². The van der Waals surface area contributed by atoms with Gasteiger partial charge >= 0.3 is 0 Å². The molecule has 0 radical (unpaired) electrons. The fraction of sp³-hybridized carbons (Fsp3) is 0.125. The summed E-state index contributed by atoms with van der Waals surface area (Å²) in [6.07, 6.45) is 0.952. The van der Waals surface area contributed by atoms with Gasteiger partial charge in [-0.25, -0.2) is 21.6 Å². The van der Waals surface area contributed by atoms with E-state index < -0.39 is 44.5 Å². The number of anilines is 1. The highest BCUT2D eigenvalue weighted by molar-refractivity contribution is 8.04. The number of methoxy groups -OCH3 is 2. The number of amides is 1. The smallest absolute Gasteiger partial charge is 0.262 e. The first kappa shape index (κ1) is 24.7. The summed E-state index contributed by atoms with van der Waals surface area (Å²) in [6, 6.07) is 10.1. The summed E-state index contributed by atoms with van der Waals surface area (Å²) in [5, 5.41) is 2.56. The number of sulfone groups is 1. The third-order valence-corrected chi connectivity index (χ3v) is 7.91. The van der Waals surface area contributed by atoms with E-state index in [4.69, 9.17) is 9.47 Å². The number of carbonyl (C=O) groups excluding carboxylic acids is 1.